The van der Waals surface area contributed by atoms with E-state index in [0.29, 0.717) is 42.9 Å². The van der Waals surface area contributed by atoms with Crippen molar-refractivity contribution in [2.45, 2.75) is 32.1 Å². The summed E-state index contributed by atoms with van der Waals surface area (Å²) in [7, 11) is 0. The highest BCUT2D eigenvalue weighted by atomic mass is 16.5. The van der Waals surface area contributed by atoms with Crippen LogP contribution in [0.15, 0.2) is 30.3 Å². The van der Waals surface area contributed by atoms with Crippen LogP contribution in [0.2, 0.25) is 0 Å². The Labute approximate surface area is 157 Å². The fourth-order valence-corrected chi connectivity index (χ4v) is 3.60. The molecule has 2 N–H and O–H groups in total. The van der Waals surface area contributed by atoms with Gasteiger partial charge in [0.05, 0.1) is 29.4 Å². The number of fused-ring (bicyclic) bond motifs is 1. The molecule has 4 rings (SSSR count). The average molecular weight is 364 g/mol. The molecule has 138 valence electrons. The standard InChI is InChI=1S/C20H20N4O3/c1-12-7-15-16(10-22-20(15)26)23-19(12)24-6-5-18(17(25)11-24)27-14-4-2-3-13(8-14)9-21/h2-4,7-8,17-18,25H,5-6,10-11H2,1H3,(H,22,26)/t17-,18-/m0/s1. The van der Waals surface area contributed by atoms with Gasteiger partial charge < -0.3 is 20.1 Å². The number of nitrogens with zero attached hydrogens (tertiary/aromatic N) is 3. The molecule has 0 bridgehead atoms. The van der Waals surface area contributed by atoms with Crippen molar-refractivity contribution in [2.24, 2.45) is 0 Å². The Balaban J connectivity index is 1.47. The number of ether oxygens (including phenoxy) is 1. The SMILES string of the molecule is Cc1cc2c(nc1N1CC[C@H](Oc3cccc(C#N)c3)[C@@H](O)C1)CNC2=O. The summed E-state index contributed by atoms with van der Waals surface area (Å²) in [4.78, 5) is 18.5. The zero-order chi connectivity index (χ0) is 19.0. The number of benzene rings is 1. The first-order chi connectivity index (χ1) is 13.0. The number of rotatable bonds is 3. The van der Waals surface area contributed by atoms with Gasteiger partial charge in [-0.25, -0.2) is 4.98 Å². The van der Waals surface area contributed by atoms with E-state index in [-0.39, 0.29) is 12.0 Å². The van der Waals surface area contributed by atoms with E-state index in [1.807, 2.05) is 17.9 Å². The molecule has 7 heteroatoms. The van der Waals surface area contributed by atoms with E-state index in [4.69, 9.17) is 10.00 Å². The molecule has 0 radical (unpaired) electrons. The Bertz CT molecular complexity index is 937. The molecule has 1 aromatic carbocycles. The lowest BCUT2D eigenvalue weighted by molar-refractivity contribution is 0.0240. The molecule has 2 aromatic rings. The average Bonchev–Trinajstić information content (AvgIpc) is 3.03. The molecule has 1 fully saturated rings. The summed E-state index contributed by atoms with van der Waals surface area (Å²) in [5.41, 5.74) is 2.83. The number of hydrogen-bond acceptors (Lipinski definition) is 6. The molecule has 0 spiro atoms. The number of amides is 1. The number of aliphatic hydroxyl groups is 1. The zero-order valence-electron chi connectivity index (χ0n) is 15.0. The van der Waals surface area contributed by atoms with E-state index in [1.165, 1.54) is 0 Å². The normalized spacial score (nSPS) is 21.4. The molecular weight excluding hydrogens is 344 g/mol. The lowest BCUT2D eigenvalue weighted by Gasteiger charge is -2.37. The summed E-state index contributed by atoms with van der Waals surface area (Å²) in [5.74, 6) is 1.30. The minimum absolute atomic E-state index is 0.0844. The minimum Gasteiger partial charge on any atom is -0.488 e. The van der Waals surface area contributed by atoms with E-state index >= 15 is 0 Å². The number of aliphatic hydroxyl groups excluding tert-OH is 1. The third kappa shape index (κ3) is 3.32. The summed E-state index contributed by atoms with van der Waals surface area (Å²) in [6.07, 6.45) is -0.389. The zero-order valence-corrected chi connectivity index (χ0v) is 15.0. The molecule has 1 amide bonds. The summed E-state index contributed by atoms with van der Waals surface area (Å²) >= 11 is 0. The van der Waals surface area contributed by atoms with Gasteiger partial charge in [0.15, 0.2) is 0 Å². The van der Waals surface area contributed by atoms with Crippen LogP contribution in [0, 0.1) is 18.3 Å². The maximum absolute atomic E-state index is 11.8. The van der Waals surface area contributed by atoms with Gasteiger partial charge >= 0.3 is 0 Å². The maximum atomic E-state index is 11.8. The topological polar surface area (TPSA) is 98.5 Å². The summed E-state index contributed by atoms with van der Waals surface area (Å²) in [6, 6.07) is 10.9. The molecule has 2 aliphatic heterocycles. The predicted octanol–water partition coefficient (Wildman–Crippen LogP) is 1.52. The number of pyridine rings is 1. The highest BCUT2D eigenvalue weighted by Gasteiger charge is 2.32. The largest absolute Gasteiger partial charge is 0.488 e. The van der Waals surface area contributed by atoms with Crippen LogP contribution in [0.5, 0.6) is 5.75 Å². The first kappa shape index (κ1) is 17.3. The lowest BCUT2D eigenvalue weighted by atomic mass is 10.0. The number of carbonyl (C=O) groups excluding carboxylic acids is 1. The fraction of sp³-hybridized carbons (Fsp3) is 0.350. The molecule has 3 heterocycles. The van der Waals surface area contributed by atoms with Crippen molar-refractivity contribution in [3.63, 3.8) is 0 Å². The first-order valence-corrected chi connectivity index (χ1v) is 8.93. The summed E-state index contributed by atoms with van der Waals surface area (Å²) in [5, 5.41) is 22.4. The number of nitrogens with one attached hydrogen (secondary N) is 1. The van der Waals surface area contributed by atoms with E-state index in [0.717, 1.165) is 17.1 Å². The number of β-amino-alcohol motifs (C(OH)–C–C–N with tert-alkyl or cyclic N) is 1. The molecule has 7 nitrogen and oxygen atoms in total. The van der Waals surface area contributed by atoms with Crippen molar-refractivity contribution >= 4 is 11.7 Å². The van der Waals surface area contributed by atoms with Crippen LogP contribution in [-0.2, 0) is 6.54 Å². The maximum Gasteiger partial charge on any atom is 0.253 e. The molecule has 1 saturated heterocycles. The van der Waals surface area contributed by atoms with Crippen molar-refractivity contribution in [3.05, 3.63) is 52.7 Å². The Hall–Kier alpha value is -3.11. The van der Waals surface area contributed by atoms with Crippen LogP contribution < -0.4 is 15.0 Å². The Morgan fingerprint density at radius 3 is 3.04 bits per heavy atom. The highest BCUT2D eigenvalue weighted by Crippen LogP contribution is 2.27. The van der Waals surface area contributed by atoms with Gasteiger partial charge in [0.2, 0.25) is 0 Å². The summed E-state index contributed by atoms with van der Waals surface area (Å²) < 4.78 is 5.91. The van der Waals surface area contributed by atoms with Gasteiger partial charge in [0.25, 0.3) is 5.91 Å². The predicted molar refractivity (Wildman–Crippen MR) is 98.6 cm³/mol. The van der Waals surface area contributed by atoms with Crippen molar-refractivity contribution in [3.8, 4) is 11.8 Å². The van der Waals surface area contributed by atoms with Gasteiger partial charge in [-0.2, -0.15) is 5.26 Å². The lowest BCUT2D eigenvalue weighted by Crippen LogP contribution is -2.49. The monoisotopic (exact) mass is 364 g/mol. The Morgan fingerprint density at radius 1 is 1.41 bits per heavy atom. The van der Waals surface area contributed by atoms with Crippen LogP contribution in [-0.4, -0.2) is 41.3 Å². The number of hydrogen-bond donors (Lipinski definition) is 2. The first-order valence-electron chi connectivity index (χ1n) is 8.93. The number of anilines is 1. The molecule has 27 heavy (non-hydrogen) atoms. The van der Waals surface area contributed by atoms with Crippen LogP contribution in [0.3, 0.4) is 0 Å². The van der Waals surface area contributed by atoms with Crippen molar-refractivity contribution in [1.29, 1.82) is 5.26 Å². The number of nitriles is 1. The highest BCUT2D eigenvalue weighted by molar-refractivity contribution is 5.98. The van der Waals surface area contributed by atoms with Gasteiger partial charge in [0, 0.05) is 19.5 Å². The van der Waals surface area contributed by atoms with Crippen molar-refractivity contribution in [2.75, 3.05) is 18.0 Å². The third-order valence-electron chi connectivity index (χ3n) is 5.00. The smallest absolute Gasteiger partial charge is 0.253 e. The van der Waals surface area contributed by atoms with Gasteiger partial charge in [-0.15, -0.1) is 0 Å². The van der Waals surface area contributed by atoms with E-state index in [9.17, 15) is 9.90 Å². The quantitative estimate of drug-likeness (QED) is 0.857. The van der Waals surface area contributed by atoms with E-state index in [1.54, 1.807) is 24.3 Å². The molecule has 2 aliphatic rings. The van der Waals surface area contributed by atoms with Crippen LogP contribution >= 0.6 is 0 Å². The number of piperidine rings is 1. The van der Waals surface area contributed by atoms with Crippen LogP contribution in [0.1, 0.15) is 33.6 Å². The van der Waals surface area contributed by atoms with Crippen LogP contribution in [0.25, 0.3) is 0 Å². The van der Waals surface area contributed by atoms with Crippen molar-refractivity contribution < 1.29 is 14.6 Å². The van der Waals surface area contributed by atoms with Crippen LogP contribution in [0.4, 0.5) is 5.82 Å². The molecular formula is C20H20N4O3. The molecule has 0 aliphatic carbocycles. The summed E-state index contributed by atoms with van der Waals surface area (Å²) in [6.45, 7) is 3.46. The van der Waals surface area contributed by atoms with Gasteiger partial charge in [0.1, 0.15) is 23.8 Å². The second kappa shape index (κ2) is 6.89. The van der Waals surface area contributed by atoms with Crippen molar-refractivity contribution in [1.82, 2.24) is 10.3 Å². The van der Waals surface area contributed by atoms with Gasteiger partial charge in [-0.05, 0) is 36.8 Å². The van der Waals surface area contributed by atoms with E-state index < -0.39 is 6.10 Å². The molecule has 1 aromatic heterocycles. The number of aryl methyl sites for hydroxylation is 1. The number of aromatic nitrogens is 1. The van der Waals surface area contributed by atoms with E-state index in [2.05, 4.69) is 16.4 Å². The second-order valence-corrected chi connectivity index (χ2v) is 6.90. The molecule has 0 unspecified atom stereocenters. The number of carbonyl (C=O) groups is 1. The fourth-order valence-electron chi connectivity index (χ4n) is 3.60. The third-order valence-corrected chi connectivity index (χ3v) is 5.00. The molecule has 2 atom stereocenters. The molecule has 0 saturated carbocycles. The minimum atomic E-state index is -0.682. The van der Waals surface area contributed by atoms with Gasteiger partial charge in [-0.1, -0.05) is 6.07 Å². The van der Waals surface area contributed by atoms with Gasteiger partial charge in [-0.3, -0.25) is 4.79 Å². The Morgan fingerprint density at radius 2 is 2.26 bits per heavy atom. The Kier molecular flexibility index (Phi) is 4.42. The second-order valence-electron chi connectivity index (χ2n) is 6.90.